The van der Waals surface area contributed by atoms with E-state index in [4.69, 9.17) is 0 Å². The summed E-state index contributed by atoms with van der Waals surface area (Å²) in [5.74, 6) is 0.915. The minimum Gasteiger partial charge on any atom is -0.350 e. The van der Waals surface area contributed by atoms with Crippen LogP contribution in [0.5, 0.6) is 0 Å². The van der Waals surface area contributed by atoms with Crippen molar-refractivity contribution in [3.05, 3.63) is 0 Å². The first-order valence-electron chi connectivity index (χ1n) is 5.44. The van der Waals surface area contributed by atoms with Crippen LogP contribution in [0.15, 0.2) is 0 Å². The summed E-state index contributed by atoms with van der Waals surface area (Å²) in [4.78, 5) is 11.6. The molecule has 0 radical (unpaired) electrons. The van der Waals surface area contributed by atoms with Crippen molar-refractivity contribution < 1.29 is 4.79 Å². The molecule has 3 nitrogen and oxygen atoms in total. The van der Waals surface area contributed by atoms with Crippen LogP contribution in [0.1, 0.15) is 40.5 Å². The van der Waals surface area contributed by atoms with Gasteiger partial charge in [0.1, 0.15) is 0 Å². The van der Waals surface area contributed by atoms with E-state index in [9.17, 15) is 4.79 Å². The van der Waals surface area contributed by atoms with Crippen molar-refractivity contribution in [3.63, 3.8) is 0 Å². The van der Waals surface area contributed by atoms with E-state index < -0.39 is 0 Å². The average Bonchev–Trinajstić information content (AvgIpc) is 2.79. The second kappa shape index (κ2) is 4.30. The molecule has 2 N–H and O–H groups in total. The van der Waals surface area contributed by atoms with Crippen LogP contribution in [0.25, 0.3) is 0 Å². The molecule has 82 valence electrons. The molecule has 1 unspecified atom stereocenters. The molecule has 0 aromatic rings. The molecule has 1 amide bonds. The van der Waals surface area contributed by atoms with E-state index in [2.05, 4.69) is 10.6 Å². The van der Waals surface area contributed by atoms with Gasteiger partial charge in [-0.2, -0.15) is 0 Å². The normalized spacial score (nSPS) is 19.1. The molecule has 0 saturated heterocycles. The number of carbonyl (C=O) groups is 1. The van der Waals surface area contributed by atoms with Gasteiger partial charge in [0.05, 0.1) is 6.04 Å². The number of nitrogens with one attached hydrogen (secondary N) is 2. The predicted octanol–water partition coefficient (Wildman–Crippen LogP) is 1.29. The Labute approximate surface area is 86.6 Å². The molecular formula is C11H22N2O. The summed E-state index contributed by atoms with van der Waals surface area (Å²) in [5, 5.41) is 6.22. The highest BCUT2D eigenvalue weighted by atomic mass is 16.2. The highest BCUT2D eigenvalue weighted by Crippen LogP contribution is 2.27. The van der Waals surface area contributed by atoms with E-state index in [0.717, 1.165) is 12.5 Å². The number of carbonyl (C=O) groups excluding carboxylic acids is 1. The van der Waals surface area contributed by atoms with Gasteiger partial charge in [-0.3, -0.25) is 4.79 Å². The summed E-state index contributed by atoms with van der Waals surface area (Å²) >= 11 is 0. The molecule has 0 heterocycles. The molecule has 1 aliphatic rings. The fourth-order valence-corrected chi connectivity index (χ4v) is 1.24. The Morgan fingerprint density at radius 3 is 2.43 bits per heavy atom. The Morgan fingerprint density at radius 1 is 1.43 bits per heavy atom. The Bertz CT molecular complexity index is 204. The number of hydrogen-bond donors (Lipinski definition) is 2. The minimum atomic E-state index is -0.132. The van der Waals surface area contributed by atoms with Crippen molar-refractivity contribution in [1.29, 1.82) is 0 Å². The summed E-state index contributed by atoms with van der Waals surface area (Å²) in [7, 11) is 0. The molecule has 1 saturated carbocycles. The maximum Gasteiger partial charge on any atom is 0.237 e. The van der Waals surface area contributed by atoms with Crippen LogP contribution >= 0.6 is 0 Å². The summed E-state index contributed by atoms with van der Waals surface area (Å²) in [5.41, 5.74) is -0.132. The predicted molar refractivity (Wildman–Crippen MR) is 58.1 cm³/mol. The van der Waals surface area contributed by atoms with E-state index >= 15 is 0 Å². The van der Waals surface area contributed by atoms with Crippen molar-refractivity contribution >= 4 is 5.91 Å². The molecule has 0 aromatic carbocycles. The second-order valence-corrected chi connectivity index (χ2v) is 5.31. The van der Waals surface area contributed by atoms with Gasteiger partial charge >= 0.3 is 0 Å². The van der Waals surface area contributed by atoms with E-state index in [0.29, 0.717) is 0 Å². The van der Waals surface area contributed by atoms with Gasteiger partial charge in [0.2, 0.25) is 5.91 Å². The molecule has 0 spiro atoms. The van der Waals surface area contributed by atoms with Crippen molar-refractivity contribution in [2.75, 3.05) is 6.54 Å². The Hall–Kier alpha value is -0.570. The van der Waals surface area contributed by atoms with E-state index in [1.807, 2.05) is 27.7 Å². The van der Waals surface area contributed by atoms with Gasteiger partial charge in [-0.15, -0.1) is 0 Å². The van der Waals surface area contributed by atoms with Gasteiger partial charge < -0.3 is 10.6 Å². The zero-order chi connectivity index (χ0) is 10.8. The lowest BCUT2D eigenvalue weighted by Gasteiger charge is -2.23. The van der Waals surface area contributed by atoms with Crippen molar-refractivity contribution in [2.24, 2.45) is 5.92 Å². The van der Waals surface area contributed by atoms with Crippen LogP contribution in [-0.4, -0.2) is 24.0 Å². The summed E-state index contributed by atoms with van der Waals surface area (Å²) in [6.45, 7) is 8.90. The van der Waals surface area contributed by atoms with Gasteiger partial charge in [0, 0.05) is 5.54 Å². The van der Waals surface area contributed by atoms with Crippen LogP contribution in [0.3, 0.4) is 0 Å². The van der Waals surface area contributed by atoms with Crippen molar-refractivity contribution in [3.8, 4) is 0 Å². The maximum absolute atomic E-state index is 11.6. The first kappa shape index (κ1) is 11.5. The van der Waals surface area contributed by atoms with Crippen LogP contribution in [-0.2, 0) is 4.79 Å². The number of rotatable bonds is 4. The standard InChI is InChI=1S/C11H22N2O/c1-8(12-7-9-5-6-9)10(14)13-11(2,3)4/h8-9,12H,5-7H2,1-4H3,(H,13,14). The largest absolute Gasteiger partial charge is 0.350 e. The smallest absolute Gasteiger partial charge is 0.237 e. The van der Waals surface area contributed by atoms with E-state index in [1.165, 1.54) is 12.8 Å². The molecule has 1 rings (SSSR count). The molecule has 1 aliphatic carbocycles. The maximum atomic E-state index is 11.6. The van der Waals surface area contributed by atoms with E-state index in [-0.39, 0.29) is 17.5 Å². The lowest BCUT2D eigenvalue weighted by molar-refractivity contribution is -0.124. The molecule has 1 fully saturated rings. The number of amides is 1. The molecular weight excluding hydrogens is 176 g/mol. The number of hydrogen-bond acceptors (Lipinski definition) is 2. The van der Waals surface area contributed by atoms with E-state index in [1.54, 1.807) is 0 Å². The quantitative estimate of drug-likeness (QED) is 0.714. The molecule has 3 heteroatoms. The van der Waals surface area contributed by atoms with Gasteiger partial charge in [-0.05, 0) is 53.0 Å². The van der Waals surface area contributed by atoms with Crippen molar-refractivity contribution in [1.82, 2.24) is 10.6 Å². The second-order valence-electron chi connectivity index (χ2n) is 5.31. The monoisotopic (exact) mass is 198 g/mol. The minimum absolute atomic E-state index is 0.0742. The van der Waals surface area contributed by atoms with Gasteiger partial charge in [0.15, 0.2) is 0 Å². The molecule has 14 heavy (non-hydrogen) atoms. The fourth-order valence-electron chi connectivity index (χ4n) is 1.24. The lowest BCUT2D eigenvalue weighted by atomic mass is 10.1. The van der Waals surface area contributed by atoms with Crippen LogP contribution < -0.4 is 10.6 Å². The van der Waals surface area contributed by atoms with Gasteiger partial charge in [-0.25, -0.2) is 0 Å². The highest BCUT2D eigenvalue weighted by molar-refractivity contribution is 5.81. The van der Waals surface area contributed by atoms with Crippen molar-refractivity contribution in [2.45, 2.75) is 52.1 Å². The Balaban J connectivity index is 2.20. The average molecular weight is 198 g/mol. The topological polar surface area (TPSA) is 41.1 Å². The third-order valence-electron chi connectivity index (χ3n) is 2.30. The SMILES string of the molecule is CC(NCC1CC1)C(=O)NC(C)(C)C. The van der Waals surface area contributed by atoms with Gasteiger partial charge in [0.25, 0.3) is 0 Å². The molecule has 0 aromatic heterocycles. The highest BCUT2D eigenvalue weighted by Gasteiger charge is 2.24. The first-order valence-corrected chi connectivity index (χ1v) is 5.44. The van der Waals surface area contributed by atoms with Crippen LogP contribution in [0, 0.1) is 5.92 Å². The Morgan fingerprint density at radius 2 is 2.00 bits per heavy atom. The third kappa shape index (κ3) is 4.61. The zero-order valence-corrected chi connectivity index (χ0v) is 9.68. The molecule has 1 atom stereocenters. The van der Waals surface area contributed by atoms with Crippen LogP contribution in [0.4, 0.5) is 0 Å². The summed E-state index contributed by atoms with van der Waals surface area (Å²) < 4.78 is 0. The Kier molecular flexibility index (Phi) is 3.53. The fraction of sp³-hybridized carbons (Fsp3) is 0.909. The first-order chi connectivity index (χ1) is 6.38. The molecule has 0 aliphatic heterocycles. The van der Waals surface area contributed by atoms with Gasteiger partial charge in [-0.1, -0.05) is 0 Å². The summed E-state index contributed by atoms with van der Waals surface area (Å²) in [6.07, 6.45) is 2.64. The zero-order valence-electron chi connectivity index (χ0n) is 9.68. The third-order valence-corrected chi connectivity index (χ3v) is 2.30. The van der Waals surface area contributed by atoms with Crippen LogP contribution in [0.2, 0.25) is 0 Å². The lowest BCUT2D eigenvalue weighted by Crippen LogP contribution is -2.49. The molecule has 0 bridgehead atoms. The summed E-state index contributed by atoms with van der Waals surface area (Å²) in [6, 6.07) is -0.0742.